The molecule has 0 fully saturated rings. The zero-order valence-electron chi connectivity index (χ0n) is 8.33. The van der Waals surface area contributed by atoms with Gasteiger partial charge in [-0.1, -0.05) is 34.2 Å². The summed E-state index contributed by atoms with van der Waals surface area (Å²) < 4.78 is 25.9. The Bertz CT molecular complexity index is 515. The van der Waals surface area contributed by atoms with Gasteiger partial charge in [0, 0.05) is 16.4 Å². The number of rotatable bonds is 3. The van der Waals surface area contributed by atoms with E-state index in [2.05, 4.69) is 22.6 Å². The summed E-state index contributed by atoms with van der Waals surface area (Å²) in [5, 5.41) is 0.332. The molecule has 1 amide bonds. The van der Waals surface area contributed by atoms with Gasteiger partial charge in [0.25, 0.3) is 10.0 Å². The molecule has 7 heteroatoms. The second-order valence-electron chi connectivity index (χ2n) is 3.09. The molecule has 0 atom stereocenters. The predicted octanol–water partition coefficient (Wildman–Crippen LogP) is 2.10. The number of alkyl halides is 1. The molecule has 0 radical (unpaired) electrons. The van der Waals surface area contributed by atoms with Gasteiger partial charge in [0.1, 0.15) is 0 Å². The Morgan fingerprint density at radius 2 is 2.06 bits per heavy atom. The van der Waals surface area contributed by atoms with Crippen LogP contribution in [0.25, 0.3) is 0 Å². The minimum Gasteiger partial charge on any atom is -0.274 e. The van der Waals surface area contributed by atoms with E-state index in [9.17, 15) is 13.2 Å². The van der Waals surface area contributed by atoms with Gasteiger partial charge in [-0.3, -0.25) is 4.79 Å². The van der Waals surface area contributed by atoms with E-state index in [4.69, 9.17) is 11.6 Å². The Morgan fingerprint density at radius 3 is 2.56 bits per heavy atom. The number of halogens is 2. The number of nitrogens with one attached hydrogen (secondary N) is 1. The normalized spacial score (nSPS) is 11.2. The third-order valence-corrected chi connectivity index (χ3v) is 4.19. The second-order valence-corrected chi connectivity index (χ2v) is 5.97. The Morgan fingerprint density at radius 1 is 1.44 bits per heavy atom. The average molecular weight is 374 g/mol. The van der Waals surface area contributed by atoms with Crippen molar-refractivity contribution in [3.63, 3.8) is 0 Å². The summed E-state index contributed by atoms with van der Waals surface area (Å²) in [6.07, 6.45) is 0. The molecule has 0 aliphatic rings. The van der Waals surface area contributed by atoms with Crippen molar-refractivity contribution >= 4 is 50.1 Å². The van der Waals surface area contributed by atoms with Crippen LogP contribution in [0.4, 0.5) is 0 Å². The fourth-order valence-corrected chi connectivity index (χ4v) is 2.95. The molecule has 1 rings (SSSR count). The third-order valence-electron chi connectivity index (χ3n) is 1.67. The minimum atomic E-state index is -3.80. The summed E-state index contributed by atoms with van der Waals surface area (Å²) in [5.74, 6) is -0.629. The predicted molar refractivity (Wildman–Crippen MR) is 70.2 cm³/mol. The number of amides is 1. The number of carbonyl (C=O) groups excluding carboxylic acids is 1. The molecule has 1 N–H and O–H groups in total. The molecule has 0 saturated heterocycles. The molecule has 0 aromatic heterocycles. The van der Waals surface area contributed by atoms with Gasteiger partial charge in [-0.15, -0.1) is 0 Å². The second kappa shape index (κ2) is 5.33. The molecule has 0 aliphatic heterocycles. The summed E-state index contributed by atoms with van der Waals surface area (Å²) in [6, 6.07) is 4.48. The Balaban J connectivity index is 3.22. The fraction of sp³-hybridized carbons (Fsp3) is 0.222. The van der Waals surface area contributed by atoms with Crippen LogP contribution in [0.15, 0.2) is 23.1 Å². The largest absolute Gasteiger partial charge is 0.274 e. The quantitative estimate of drug-likeness (QED) is 0.652. The van der Waals surface area contributed by atoms with Crippen LogP contribution in [0, 0.1) is 0 Å². The lowest BCUT2D eigenvalue weighted by Crippen LogP contribution is -2.28. The fourth-order valence-electron chi connectivity index (χ4n) is 1.10. The maximum Gasteiger partial charge on any atom is 0.264 e. The standard InChI is InChI=1S/C9H9ClINO3S/c1-6(13)12-16(14,15)9-3-7(5-11)2-8(10)4-9/h2-4H,5H2,1H3,(H,12,13). The van der Waals surface area contributed by atoms with Gasteiger partial charge in [-0.2, -0.15) is 0 Å². The number of carbonyl (C=O) groups is 1. The van der Waals surface area contributed by atoms with Crippen molar-refractivity contribution in [2.45, 2.75) is 16.2 Å². The van der Waals surface area contributed by atoms with Gasteiger partial charge >= 0.3 is 0 Å². The zero-order valence-corrected chi connectivity index (χ0v) is 12.1. The van der Waals surface area contributed by atoms with Crippen LogP contribution >= 0.6 is 34.2 Å². The maximum atomic E-state index is 11.7. The molecule has 0 heterocycles. The molecule has 4 nitrogen and oxygen atoms in total. The van der Waals surface area contributed by atoms with E-state index in [1.54, 1.807) is 6.07 Å². The molecule has 88 valence electrons. The van der Waals surface area contributed by atoms with Gasteiger partial charge in [0.05, 0.1) is 4.90 Å². The lowest BCUT2D eigenvalue weighted by molar-refractivity contribution is -0.117. The molecule has 16 heavy (non-hydrogen) atoms. The van der Waals surface area contributed by atoms with Crippen molar-refractivity contribution in [1.29, 1.82) is 0 Å². The van der Waals surface area contributed by atoms with E-state index in [0.29, 0.717) is 9.45 Å². The first-order chi connectivity index (χ1) is 7.35. The van der Waals surface area contributed by atoms with Gasteiger partial charge in [-0.25, -0.2) is 13.1 Å². The third kappa shape index (κ3) is 3.60. The van der Waals surface area contributed by atoms with E-state index < -0.39 is 15.9 Å². The van der Waals surface area contributed by atoms with Crippen LogP contribution in [0.2, 0.25) is 5.02 Å². The lowest BCUT2D eigenvalue weighted by Gasteiger charge is -2.06. The highest BCUT2D eigenvalue weighted by molar-refractivity contribution is 14.1. The van der Waals surface area contributed by atoms with E-state index in [1.165, 1.54) is 12.1 Å². The smallest absolute Gasteiger partial charge is 0.264 e. The van der Waals surface area contributed by atoms with E-state index >= 15 is 0 Å². The summed E-state index contributed by atoms with van der Waals surface area (Å²) in [5.41, 5.74) is 0.789. The van der Waals surface area contributed by atoms with E-state index in [-0.39, 0.29) is 4.90 Å². The van der Waals surface area contributed by atoms with Crippen molar-refractivity contribution in [1.82, 2.24) is 4.72 Å². The molecule has 0 spiro atoms. The Kier molecular flexibility index (Phi) is 4.57. The van der Waals surface area contributed by atoms with Crippen LogP contribution in [0.1, 0.15) is 12.5 Å². The van der Waals surface area contributed by atoms with Crippen LogP contribution in [-0.2, 0) is 19.2 Å². The molecule has 0 aliphatic carbocycles. The number of sulfonamides is 1. The number of benzene rings is 1. The minimum absolute atomic E-state index is 0.00173. The van der Waals surface area contributed by atoms with E-state index in [0.717, 1.165) is 12.5 Å². The van der Waals surface area contributed by atoms with Crippen LogP contribution < -0.4 is 4.72 Å². The Labute approximate surface area is 113 Å². The first-order valence-corrected chi connectivity index (χ1v) is 7.62. The van der Waals surface area contributed by atoms with Gasteiger partial charge < -0.3 is 0 Å². The van der Waals surface area contributed by atoms with Crippen molar-refractivity contribution in [3.05, 3.63) is 28.8 Å². The highest BCUT2D eigenvalue weighted by atomic mass is 127. The summed E-state index contributed by atoms with van der Waals surface area (Å²) in [4.78, 5) is 10.7. The van der Waals surface area contributed by atoms with Gasteiger partial charge in [0.15, 0.2) is 0 Å². The van der Waals surface area contributed by atoms with E-state index in [1.807, 2.05) is 4.72 Å². The molecule has 0 bridgehead atoms. The number of hydrogen-bond acceptors (Lipinski definition) is 3. The average Bonchev–Trinajstić information content (AvgIpc) is 2.14. The molecular weight excluding hydrogens is 365 g/mol. The van der Waals surface area contributed by atoms with Gasteiger partial charge in [-0.05, 0) is 23.8 Å². The van der Waals surface area contributed by atoms with Crippen molar-refractivity contribution in [2.24, 2.45) is 0 Å². The Hall–Kier alpha value is -0.340. The highest BCUT2D eigenvalue weighted by Crippen LogP contribution is 2.20. The summed E-state index contributed by atoms with van der Waals surface area (Å²) in [7, 11) is -3.80. The van der Waals surface area contributed by atoms with Crippen molar-refractivity contribution in [2.75, 3.05) is 0 Å². The molecule has 1 aromatic rings. The van der Waals surface area contributed by atoms with Crippen molar-refractivity contribution in [3.8, 4) is 0 Å². The topological polar surface area (TPSA) is 63.2 Å². The van der Waals surface area contributed by atoms with Crippen LogP contribution in [-0.4, -0.2) is 14.3 Å². The SMILES string of the molecule is CC(=O)NS(=O)(=O)c1cc(Cl)cc(CI)c1. The summed E-state index contributed by atoms with van der Waals surface area (Å²) in [6.45, 7) is 1.14. The molecule has 1 aromatic carbocycles. The first-order valence-electron chi connectivity index (χ1n) is 4.24. The zero-order chi connectivity index (χ0) is 12.3. The first kappa shape index (κ1) is 13.7. The summed E-state index contributed by atoms with van der Waals surface area (Å²) >= 11 is 7.89. The van der Waals surface area contributed by atoms with Gasteiger partial charge in [0.2, 0.25) is 5.91 Å². The monoisotopic (exact) mass is 373 g/mol. The van der Waals surface area contributed by atoms with Crippen LogP contribution in [0.5, 0.6) is 0 Å². The van der Waals surface area contributed by atoms with Crippen LogP contribution in [0.3, 0.4) is 0 Å². The number of hydrogen-bond donors (Lipinski definition) is 1. The molecule has 0 unspecified atom stereocenters. The molecular formula is C9H9ClINO3S. The maximum absolute atomic E-state index is 11.7. The molecule has 0 saturated carbocycles. The van der Waals surface area contributed by atoms with Crippen molar-refractivity contribution < 1.29 is 13.2 Å². The highest BCUT2D eigenvalue weighted by Gasteiger charge is 2.16. The lowest BCUT2D eigenvalue weighted by atomic mass is 10.2.